The monoisotopic (exact) mass is 672 g/mol. The topological polar surface area (TPSA) is 140 Å². The van der Waals surface area contributed by atoms with E-state index in [1.54, 1.807) is 16.7 Å². The van der Waals surface area contributed by atoms with Crippen LogP contribution in [-0.4, -0.2) is 69.4 Å². The molecule has 13 unspecified atom stereocenters. The number of β-amino-alcohol motifs (C(OH)–C–C–N with tert-alkyl or cyclic N) is 1. The Morgan fingerprint density at radius 2 is 1.90 bits per heavy atom. The van der Waals surface area contributed by atoms with Crippen LogP contribution < -0.4 is 21.7 Å². The highest BCUT2D eigenvalue weighted by atomic mass is 16.4. The number of hydrogen-bond acceptors (Lipinski definition) is 7. The number of allylic oxidation sites excluding steroid dienone is 4. The Morgan fingerprint density at radius 3 is 2.71 bits per heavy atom. The lowest BCUT2D eigenvalue weighted by molar-refractivity contribution is -0.143. The lowest BCUT2D eigenvalue weighted by Crippen LogP contribution is -2.63. The maximum absolute atomic E-state index is 12.1. The second-order valence-corrected chi connectivity index (χ2v) is 18.0. The molecule has 0 amide bonds. The summed E-state index contributed by atoms with van der Waals surface area (Å²) in [6.07, 6.45) is 14.7. The fraction of sp³-hybridized carbons (Fsp3) is 0.732. The molecule has 4 aliphatic carbocycles. The normalized spacial score (nSPS) is 45.3. The van der Waals surface area contributed by atoms with Crippen LogP contribution in [0.4, 0.5) is 0 Å². The first-order valence-corrected chi connectivity index (χ1v) is 19.6. The van der Waals surface area contributed by atoms with Gasteiger partial charge >= 0.3 is 5.97 Å². The maximum atomic E-state index is 12.1. The van der Waals surface area contributed by atoms with Crippen LogP contribution in [0.5, 0.6) is 0 Å². The summed E-state index contributed by atoms with van der Waals surface area (Å²) in [4.78, 5) is 12.1. The molecular formula is C41H60N4O4. The standard InChI is InChI=1S/C41H60N4O4/c1-23-35(46)11-10-34(44-23)26-6-8-30-32-17-25-12-13-41(49,21-37(47)48)22-43-40(2)19-29(45-36(42)20-40)16-24-4-3-5-27(14-24)38(33(30)18-26)31-9-7-28(15-25)39(31)32/h3-5,9,14,23,25-26,29-30,32-36,38,43-46,49H,6-8,10-13,15-22,42H2,1-2H3,(H,47,48). The third-order valence-electron chi connectivity index (χ3n) is 14.4. The average molecular weight is 673 g/mol. The van der Waals surface area contributed by atoms with Gasteiger partial charge in [-0.05, 0) is 149 Å². The molecule has 0 spiro atoms. The van der Waals surface area contributed by atoms with Gasteiger partial charge in [0.1, 0.15) is 0 Å². The zero-order valence-corrected chi connectivity index (χ0v) is 29.7. The predicted molar refractivity (Wildman–Crippen MR) is 192 cm³/mol. The number of carbonyl (C=O) groups is 1. The number of nitrogens with two attached hydrogens (primary N) is 1. The van der Waals surface area contributed by atoms with E-state index in [-0.39, 0.29) is 42.9 Å². The fourth-order valence-corrected chi connectivity index (χ4v) is 12.2. The smallest absolute Gasteiger partial charge is 0.306 e. The quantitative estimate of drug-likeness (QED) is 0.241. The molecule has 8 N–H and O–H groups in total. The molecule has 1 aromatic carbocycles. The van der Waals surface area contributed by atoms with Crippen LogP contribution in [0.1, 0.15) is 114 Å². The number of aliphatic hydroxyl groups excluding tert-OH is 1. The molecule has 5 heterocycles. The number of benzene rings is 1. The van der Waals surface area contributed by atoms with Gasteiger partial charge in [0.15, 0.2) is 0 Å². The van der Waals surface area contributed by atoms with Crippen molar-refractivity contribution in [1.29, 1.82) is 0 Å². The number of hydrogen-bond donors (Lipinski definition) is 7. The number of piperidine rings is 2. The molecule has 13 atom stereocenters. The van der Waals surface area contributed by atoms with Crippen molar-refractivity contribution < 1.29 is 20.1 Å². The SMILES string of the molecule is CC1NC(C2CCC3C4CC5CCC(O)(CC(=O)O)CNC6(C)CC(N)NC(Cc7cccc(c7)C(C7=CCC(=C74)C5)C3C2)C6)CCC1O. The molecular weight excluding hydrogens is 612 g/mol. The van der Waals surface area contributed by atoms with E-state index >= 15 is 0 Å². The molecule has 5 aliphatic heterocycles. The van der Waals surface area contributed by atoms with Gasteiger partial charge in [0.25, 0.3) is 0 Å². The molecule has 4 fully saturated rings. The van der Waals surface area contributed by atoms with E-state index < -0.39 is 11.6 Å². The van der Waals surface area contributed by atoms with Crippen molar-refractivity contribution in [3.05, 3.63) is 58.2 Å². The molecule has 0 radical (unpaired) electrons. The Morgan fingerprint density at radius 1 is 1.04 bits per heavy atom. The lowest BCUT2D eigenvalue weighted by atomic mass is 9.51. The molecule has 8 nitrogen and oxygen atoms in total. The average Bonchev–Trinajstić information content (AvgIpc) is 3.47. The van der Waals surface area contributed by atoms with Gasteiger partial charge in [-0.1, -0.05) is 35.9 Å². The van der Waals surface area contributed by atoms with E-state index in [4.69, 9.17) is 5.73 Å². The summed E-state index contributed by atoms with van der Waals surface area (Å²) >= 11 is 0. The Balaban J connectivity index is 1.17. The van der Waals surface area contributed by atoms with Gasteiger partial charge in [-0.2, -0.15) is 0 Å². The number of carboxylic acid groups (broad SMARTS) is 1. The number of aliphatic carboxylic acids is 1. The van der Waals surface area contributed by atoms with Crippen LogP contribution in [-0.2, 0) is 11.2 Å². The van der Waals surface area contributed by atoms with Crippen LogP contribution in [0.25, 0.3) is 0 Å². The molecule has 2 saturated heterocycles. The van der Waals surface area contributed by atoms with E-state index in [9.17, 15) is 20.1 Å². The summed E-state index contributed by atoms with van der Waals surface area (Å²) in [7, 11) is 0. The van der Waals surface area contributed by atoms with Gasteiger partial charge < -0.3 is 31.7 Å². The van der Waals surface area contributed by atoms with Crippen molar-refractivity contribution >= 4 is 5.97 Å². The highest BCUT2D eigenvalue weighted by Crippen LogP contribution is 2.63. The van der Waals surface area contributed by atoms with Crippen molar-refractivity contribution in [3.63, 3.8) is 0 Å². The number of aliphatic hydroxyl groups is 2. The number of carboxylic acids is 1. The molecule has 10 rings (SSSR count). The molecule has 2 saturated carbocycles. The van der Waals surface area contributed by atoms with Gasteiger partial charge in [-0.25, -0.2) is 0 Å². The first kappa shape index (κ1) is 34.0. The zero-order valence-electron chi connectivity index (χ0n) is 29.7. The van der Waals surface area contributed by atoms with Crippen molar-refractivity contribution in [1.82, 2.24) is 16.0 Å². The summed E-state index contributed by atoms with van der Waals surface area (Å²) in [5.74, 6) is 2.32. The van der Waals surface area contributed by atoms with Crippen molar-refractivity contribution in [2.24, 2.45) is 35.3 Å². The van der Waals surface area contributed by atoms with E-state index in [0.29, 0.717) is 48.0 Å². The van der Waals surface area contributed by atoms with E-state index in [1.165, 1.54) is 30.4 Å². The number of nitrogens with one attached hydrogen (secondary N) is 3. The molecule has 10 bridgehead atoms. The molecule has 8 heteroatoms. The fourth-order valence-electron chi connectivity index (χ4n) is 12.2. The van der Waals surface area contributed by atoms with Gasteiger partial charge in [0, 0.05) is 36.1 Å². The van der Waals surface area contributed by atoms with E-state index in [0.717, 1.165) is 57.8 Å². The Kier molecular flexibility index (Phi) is 9.14. The zero-order chi connectivity index (χ0) is 34.1. The van der Waals surface area contributed by atoms with Gasteiger partial charge in [-0.15, -0.1) is 0 Å². The minimum atomic E-state index is -1.30. The highest BCUT2D eigenvalue weighted by Gasteiger charge is 2.52. The van der Waals surface area contributed by atoms with Crippen molar-refractivity contribution in [2.45, 2.75) is 151 Å². The first-order valence-electron chi connectivity index (χ1n) is 19.6. The van der Waals surface area contributed by atoms with Crippen LogP contribution >= 0.6 is 0 Å². The second-order valence-electron chi connectivity index (χ2n) is 18.0. The third-order valence-corrected chi connectivity index (χ3v) is 14.4. The van der Waals surface area contributed by atoms with Gasteiger partial charge in [0.05, 0.1) is 24.3 Å². The van der Waals surface area contributed by atoms with Gasteiger partial charge in [-0.3, -0.25) is 10.1 Å². The molecule has 9 aliphatic rings. The third kappa shape index (κ3) is 6.71. The van der Waals surface area contributed by atoms with Crippen LogP contribution in [0.15, 0.2) is 47.1 Å². The van der Waals surface area contributed by atoms with Gasteiger partial charge in [0.2, 0.25) is 0 Å². The lowest BCUT2D eigenvalue weighted by Gasteiger charge is -2.54. The molecule has 1 aromatic rings. The van der Waals surface area contributed by atoms with Crippen LogP contribution in [0, 0.1) is 29.6 Å². The maximum Gasteiger partial charge on any atom is 0.306 e. The van der Waals surface area contributed by atoms with Crippen molar-refractivity contribution in [2.75, 3.05) is 6.54 Å². The summed E-state index contributed by atoms with van der Waals surface area (Å²) in [6, 6.07) is 10.3. The molecule has 268 valence electrons. The first-order chi connectivity index (χ1) is 23.5. The summed E-state index contributed by atoms with van der Waals surface area (Å²) in [5, 5.41) is 43.5. The number of rotatable bonds is 3. The largest absolute Gasteiger partial charge is 0.481 e. The Hall–Kier alpha value is -2.07. The van der Waals surface area contributed by atoms with Crippen molar-refractivity contribution in [3.8, 4) is 0 Å². The minimum absolute atomic E-state index is 0.147. The van der Waals surface area contributed by atoms with E-state index in [2.05, 4.69) is 60.1 Å². The highest BCUT2D eigenvalue weighted by molar-refractivity contribution is 5.68. The summed E-state index contributed by atoms with van der Waals surface area (Å²) in [6.45, 7) is 4.60. The second kappa shape index (κ2) is 13.2. The predicted octanol–water partition coefficient (Wildman–Crippen LogP) is 4.90. The van der Waals surface area contributed by atoms with Crippen LogP contribution in [0.3, 0.4) is 0 Å². The summed E-state index contributed by atoms with van der Waals surface area (Å²) < 4.78 is 0. The molecule has 0 aromatic heterocycles. The molecule has 49 heavy (non-hydrogen) atoms. The Labute approximate surface area is 292 Å². The minimum Gasteiger partial charge on any atom is -0.481 e. The summed E-state index contributed by atoms with van der Waals surface area (Å²) in [5.41, 5.74) is 12.7. The van der Waals surface area contributed by atoms with Crippen LogP contribution in [0.2, 0.25) is 0 Å². The van der Waals surface area contributed by atoms with E-state index in [1.807, 2.05) is 0 Å². The Bertz CT molecular complexity index is 1490.